The van der Waals surface area contributed by atoms with Gasteiger partial charge in [0.1, 0.15) is 17.5 Å². The van der Waals surface area contributed by atoms with Crippen molar-refractivity contribution in [1.29, 1.82) is 0 Å². The zero-order valence-corrected chi connectivity index (χ0v) is 19.0. The van der Waals surface area contributed by atoms with Gasteiger partial charge in [0.2, 0.25) is 0 Å². The number of halogens is 3. The molecule has 1 heterocycles. The van der Waals surface area contributed by atoms with Gasteiger partial charge in [-0.2, -0.15) is 5.10 Å². The first kappa shape index (κ1) is 24.0. The van der Waals surface area contributed by atoms with Crippen molar-refractivity contribution in [2.24, 2.45) is 16.8 Å². The number of hydrogen-bond donors (Lipinski definition) is 2. The molecule has 3 N–H and O–H groups in total. The Labute approximate surface area is 192 Å². The normalized spacial score (nSPS) is 17.3. The van der Waals surface area contributed by atoms with Gasteiger partial charge in [-0.1, -0.05) is 26.0 Å². The van der Waals surface area contributed by atoms with Crippen LogP contribution < -0.4 is 16.1 Å². The average Bonchev–Trinajstić information content (AvgIpc) is 2.71. The van der Waals surface area contributed by atoms with Crippen LogP contribution in [0.15, 0.2) is 41.5 Å². The molecule has 2 aromatic rings. The van der Waals surface area contributed by atoms with E-state index in [9.17, 15) is 13.2 Å². The Morgan fingerprint density at radius 2 is 2.00 bits per heavy atom. The van der Waals surface area contributed by atoms with Gasteiger partial charge in [-0.25, -0.2) is 13.2 Å². The Balaban J connectivity index is 1.77. The lowest BCUT2D eigenvalue weighted by Gasteiger charge is -2.43. The molecule has 2 aromatic carbocycles. The van der Waals surface area contributed by atoms with Crippen LogP contribution in [0.1, 0.15) is 31.4 Å². The molecule has 1 aliphatic heterocycles. The van der Waals surface area contributed by atoms with E-state index in [-0.39, 0.29) is 28.2 Å². The van der Waals surface area contributed by atoms with E-state index in [4.69, 9.17) is 5.73 Å². The standard InChI is InChI=1S/C23H28F3N5S/c1-15(2)8-19-14-31(7-6-30(19)13-16-4-3-5-18(24)9-16)22-11-20(25)17(10-21(22)26)12-28-29-23(27)32/h3-5,9-12,15,19H,6-8,13-14H2,1-2H3,(H3,27,29,32)/t19-/m0/s1. The molecule has 0 saturated carbocycles. The van der Waals surface area contributed by atoms with Crippen molar-refractivity contribution in [2.75, 3.05) is 24.5 Å². The molecule has 32 heavy (non-hydrogen) atoms. The van der Waals surface area contributed by atoms with E-state index in [0.29, 0.717) is 32.1 Å². The molecule has 0 radical (unpaired) electrons. The minimum Gasteiger partial charge on any atom is -0.375 e. The van der Waals surface area contributed by atoms with Gasteiger partial charge in [-0.05, 0) is 48.3 Å². The van der Waals surface area contributed by atoms with Crippen LogP contribution in [0.2, 0.25) is 0 Å². The minimum atomic E-state index is -0.586. The molecule has 0 aromatic heterocycles. The number of benzene rings is 2. The maximum absolute atomic E-state index is 14.9. The Hall–Kier alpha value is -2.65. The maximum atomic E-state index is 14.9. The van der Waals surface area contributed by atoms with Gasteiger partial charge in [0.05, 0.1) is 11.9 Å². The molecule has 1 fully saturated rings. The zero-order chi connectivity index (χ0) is 23.3. The average molecular weight is 464 g/mol. The summed E-state index contributed by atoms with van der Waals surface area (Å²) in [5, 5.41) is 3.63. The van der Waals surface area contributed by atoms with E-state index < -0.39 is 11.6 Å². The highest BCUT2D eigenvalue weighted by molar-refractivity contribution is 7.80. The van der Waals surface area contributed by atoms with Crippen LogP contribution in [0.3, 0.4) is 0 Å². The van der Waals surface area contributed by atoms with Gasteiger partial charge in [-0.15, -0.1) is 0 Å². The number of hydrazone groups is 1. The third kappa shape index (κ3) is 6.43. The first-order chi connectivity index (χ1) is 15.2. The second-order valence-electron chi connectivity index (χ2n) is 8.39. The van der Waals surface area contributed by atoms with E-state index in [1.807, 2.05) is 11.0 Å². The number of hydrogen-bond acceptors (Lipinski definition) is 4. The van der Waals surface area contributed by atoms with E-state index in [1.165, 1.54) is 12.1 Å². The molecule has 1 atom stereocenters. The highest BCUT2D eigenvalue weighted by Gasteiger charge is 2.29. The van der Waals surface area contributed by atoms with Crippen LogP contribution >= 0.6 is 12.2 Å². The van der Waals surface area contributed by atoms with Crippen LogP contribution in [0.25, 0.3) is 0 Å². The van der Waals surface area contributed by atoms with Crippen LogP contribution in [-0.4, -0.2) is 41.9 Å². The quantitative estimate of drug-likeness (QED) is 0.369. The molecule has 0 amide bonds. The third-order valence-corrected chi connectivity index (χ3v) is 5.50. The van der Waals surface area contributed by atoms with Crippen molar-refractivity contribution in [1.82, 2.24) is 10.3 Å². The number of anilines is 1. The fraction of sp³-hybridized carbons (Fsp3) is 0.391. The van der Waals surface area contributed by atoms with Crippen LogP contribution in [0.4, 0.5) is 18.9 Å². The lowest BCUT2D eigenvalue weighted by Crippen LogP contribution is -2.53. The molecule has 1 aliphatic rings. The van der Waals surface area contributed by atoms with Crippen LogP contribution in [0.5, 0.6) is 0 Å². The van der Waals surface area contributed by atoms with Crippen molar-refractivity contribution in [3.05, 3.63) is 65.0 Å². The molecule has 0 unspecified atom stereocenters. The molecular formula is C23H28F3N5S. The lowest BCUT2D eigenvalue weighted by atomic mass is 9.98. The topological polar surface area (TPSA) is 56.9 Å². The fourth-order valence-corrected chi connectivity index (χ4v) is 4.07. The lowest BCUT2D eigenvalue weighted by molar-refractivity contribution is 0.147. The third-order valence-electron chi connectivity index (χ3n) is 5.41. The Kier molecular flexibility index (Phi) is 8.09. The molecule has 0 aliphatic carbocycles. The van der Waals surface area contributed by atoms with Crippen molar-refractivity contribution in [2.45, 2.75) is 32.9 Å². The van der Waals surface area contributed by atoms with Crippen molar-refractivity contribution in [3.63, 3.8) is 0 Å². The predicted octanol–water partition coefficient (Wildman–Crippen LogP) is 4.01. The summed E-state index contributed by atoms with van der Waals surface area (Å²) in [6.45, 7) is 6.64. The smallest absolute Gasteiger partial charge is 0.184 e. The van der Waals surface area contributed by atoms with Crippen molar-refractivity contribution >= 4 is 29.2 Å². The largest absolute Gasteiger partial charge is 0.375 e. The molecular weight excluding hydrogens is 435 g/mol. The van der Waals surface area contributed by atoms with Crippen molar-refractivity contribution in [3.8, 4) is 0 Å². The summed E-state index contributed by atoms with van der Waals surface area (Å²) in [7, 11) is 0. The number of rotatable bonds is 7. The van der Waals surface area contributed by atoms with Crippen molar-refractivity contribution < 1.29 is 13.2 Å². The second-order valence-corrected chi connectivity index (χ2v) is 8.83. The predicted molar refractivity (Wildman–Crippen MR) is 126 cm³/mol. The summed E-state index contributed by atoms with van der Waals surface area (Å²) in [5.74, 6) is -0.940. The summed E-state index contributed by atoms with van der Waals surface area (Å²) in [6.07, 6.45) is 2.03. The minimum absolute atomic E-state index is 0.00142. The van der Waals surface area contributed by atoms with E-state index in [1.54, 1.807) is 12.1 Å². The summed E-state index contributed by atoms with van der Waals surface area (Å²) in [4.78, 5) is 4.17. The first-order valence-electron chi connectivity index (χ1n) is 10.5. The highest BCUT2D eigenvalue weighted by Crippen LogP contribution is 2.28. The Morgan fingerprint density at radius 3 is 2.69 bits per heavy atom. The SMILES string of the molecule is CC(C)C[C@H]1CN(c2cc(F)c(C=NNC(N)=S)cc2F)CCN1Cc1cccc(F)c1. The Morgan fingerprint density at radius 1 is 1.22 bits per heavy atom. The van der Waals surface area contributed by atoms with Gasteiger partial charge in [-0.3, -0.25) is 10.3 Å². The van der Waals surface area contributed by atoms with Gasteiger partial charge in [0.25, 0.3) is 0 Å². The van der Waals surface area contributed by atoms with Gasteiger partial charge < -0.3 is 10.6 Å². The highest BCUT2D eigenvalue weighted by atomic mass is 32.1. The maximum Gasteiger partial charge on any atom is 0.184 e. The second kappa shape index (κ2) is 10.8. The zero-order valence-electron chi connectivity index (χ0n) is 18.2. The number of nitrogens with two attached hydrogens (primary N) is 1. The summed E-state index contributed by atoms with van der Waals surface area (Å²) in [5.41, 5.74) is 8.71. The van der Waals surface area contributed by atoms with Crippen LogP contribution in [0, 0.1) is 23.4 Å². The molecule has 0 bridgehead atoms. The summed E-state index contributed by atoms with van der Waals surface area (Å²) < 4.78 is 43.1. The monoisotopic (exact) mass is 463 g/mol. The van der Waals surface area contributed by atoms with E-state index in [2.05, 4.69) is 41.5 Å². The summed E-state index contributed by atoms with van der Waals surface area (Å²) in [6, 6.07) is 9.03. The molecule has 1 saturated heterocycles. The molecule has 5 nitrogen and oxygen atoms in total. The molecule has 9 heteroatoms. The molecule has 172 valence electrons. The summed E-state index contributed by atoms with van der Waals surface area (Å²) >= 11 is 4.63. The fourth-order valence-electron chi connectivity index (χ4n) is 4.02. The molecule has 3 rings (SSSR count). The number of nitrogens with one attached hydrogen (secondary N) is 1. The van der Waals surface area contributed by atoms with Gasteiger partial charge in [0, 0.05) is 43.9 Å². The first-order valence-corrected chi connectivity index (χ1v) is 10.9. The molecule has 0 spiro atoms. The van der Waals surface area contributed by atoms with E-state index in [0.717, 1.165) is 24.3 Å². The number of nitrogens with zero attached hydrogens (tertiary/aromatic N) is 3. The number of thiocarbonyl (C=S) groups is 1. The number of piperazine rings is 1. The van der Waals surface area contributed by atoms with Gasteiger partial charge in [0.15, 0.2) is 5.11 Å². The van der Waals surface area contributed by atoms with E-state index >= 15 is 0 Å². The van der Waals surface area contributed by atoms with Gasteiger partial charge >= 0.3 is 0 Å². The Bertz CT molecular complexity index is 982. The van der Waals surface area contributed by atoms with Crippen LogP contribution in [-0.2, 0) is 6.54 Å².